The zero-order chi connectivity index (χ0) is 22.7. The predicted molar refractivity (Wildman–Crippen MR) is 119 cm³/mol. The Morgan fingerprint density at radius 1 is 1.06 bits per heavy atom. The van der Waals surface area contributed by atoms with Crippen molar-refractivity contribution in [3.8, 4) is 11.5 Å². The molecular formula is C24H18ClFN2O4. The second-order valence-corrected chi connectivity index (χ2v) is 7.32. The van der Waals surface area contributed by atoms with E-state index in [1.165, 1.54) is 25.3 Å². The van der Waals surface area contributed by atoms with Gasteiger partial charge in [0.1, 0.15) is 18.1 Å². The zero-order valence-corrected chi connectivity index (χ0v) is 17.7. The number of ether oxygens (including phenoxy) is 2. The van der Waals surface area contributed by atoms with Gasteiger partial charge in [-0.3, -0.25) is 4.79 Å². The second kappa shape index (κ2) is 9.11. The Labute approximate surface area is 188 Å². The van der Waals surface area contributed by atoms with Gasteiger partial charge in [0.05, 0.1) is 17.8 Å². The fourth-order valence-corrected chi connectivity index (χ4v) is 3.53. The van der Waals surface area contributed by atoms with Crippen molar-refractivity contribution >= 4 is 35.3 Å². The molecule has 0 bridgehead atoms. The van der Waals surface area contributed by atoms with Crippen LogP contribution in [0.5, 0.6) is 11.5 Å². The molecule has 3 amide bonds. The molecule has 0 saturated carbocycles. The van der Waals surface area contributed by atoms with Gasteiger partial charge in [0.2, 0.25) is 0 Å². The maximum atomic E-state index is 13.4. The molecule has 0 atom stereocenters. The van der Waals surface area contributed by atoms with E-state index in [2.05, 4.69) is 5.32 Å². The fraction of sp³-hybridized carbons (Fsp3) is 0.0833. The van der Waals surface area contributed by atoms with Crippen LogP contribution < -0.4 is 19.7 Å². The van der Waals surface area contributed by atoms with Gasteiger partial charge in [0.15, 0.2) is 11.5 Å². The summed E-state index contributed by atoms with van der Waals surface area (Å²) in [4.78, 5) is 26.2. The van der Waals surface area contributed by atoms with Crippen LogP contribution in [0.2, 0.25) is 5.02 Å². The lowest BCUT2D eigenvalue weighted by Crippen LogP contribution is -2.30. The summed E-state index contributed by atoms with van der Waals surface area (Å²) in [6.45, 7) is 0.0921. The van der Waals surface area contributed by atoms with Crippen LogP contribution in [0.25, 0.3) is 6.08 Å². The molecule has 3 aromatic carbocycles. The number of nitrogens with zero attached hydrogens (tertiary/aromatic N) is 1. The summed E-state index contributed by atoms with van der Waals surface area (Å²) in [6.07, 6.45) is 1.51. The van der Waals surface area contributed by atoms with Gasteiger partial charge in [-0.05, 0) is 53.6 Å². The Morgan fingerprint density at radius 2 is 1.84 bits per heavy atom. The molecule has 1 aliphatic rings. The number of carbonyl (C=O) groups is 2. The SMILES string of the molecule is COc1cc(/C=C2/NC(=O)N(c3ccccc3)C2=O)cc(Cl)c1OCc1cccc(F)c1. The highest BCUT2D eigenvalue weighted by molar-refractivity contribution is 6.32. The molecule has 1 saturated heterocycles. The van der Waals surface area contributed by atoms with Crippen molar-refractivity contribution in [2.24, 2.45) is 0 Å². The molecule has 6 nitrogen and oxygen atoms in total. The number of anilines is 1. The number of para-hydroxylation sites is 1. The number of carbonyl (C=O) groups excluding carboxylic acids is 2. The summed E-state index contributed by atoms with van der Waals surface area (Å²) in [5.74, 6) is -0.229. The standard InChI is InChI=1S/C24H18ClFN2O4/c1-31-21-13-16(11-19(25)22(21)32-14-15-6-5-7-17(26)10-15)12-20-23(29)28(24(30)27-20)18-8-3-2-4-9-18/h2-13H,14H2,1H3,(H,27,30)/b20-12+. The predicted octanol–water partition coefficient (Wildman–Crippen LogP) is 5.16. The molecule has 0 aliphatic carbocycles. The highest BCUT2D eigenvalue weighted by Crippen LogP contribution is 2.37. The fourth-order valence-electron chi connectivity index (χ4n) is 3.26. The molecule has 0 aromatic heterocycles. The highest BCUT2D eigenvalue weighted by atomic mass is 35.5. The normalized spacial score (nSPS) is 14.6. The lowest BCUT2D eigenvalue weighted by atomic mass is 10.1. The van der Waals surface area contributed by atoms with Gasteiger partial charge in [0, 0.05) is 0 Å². The van der Waals surface area contributed by atoms with Crippen molar-refractivity contribution in [1.82, 2.24) is 5.32 Å². The van der Waals surface area contributed by atoms with E-state index in [9.17, 15) is 14.0 Å². The lowest BCUT2D eigenvalue weighted by Gasteiger charge is -2.14. The molecule has 0 radical (unpaired) electrons. The van der Waals surface area contributed by atoms with Crippen LogP contribution >= 0.6 is 11.6 Å². The smallest absolute Gasteiger partial charge is 0.333 e. The van der Waals surface area contributed by atoms with Gasteiger partial charge in [-0.25, -0.2) is 14.1 Å². The van der Waals surface area contributed by atoms with Crippen molar-refractivity contribution in [1.29, 1.82) is 0 Å². The first kappa shape index (κ1) is 21.4. The van der Waals surface area contributed by atoms with Crippen molar-refractivity contribution in [3.05, 3.63) is 94.4 Å². The van der Waals surface area contributed by atoms with E-state index in [1.807, 2.05) is 0 Å². The molecule has 4 rings (SSSR count). The average molecular weight is 453 g/mol. The molecule has 0 unspecified atom stereocenters. The number of nitrogens with one attached hydrogen (secondary N) is 1. The Hall–Kier alpha value is -3.84. The molecular weight excluding hydrogens is 435 g/mol. The van der Waals surface area contributed by atoms with Gasteiger partial charge < -0.3 is 14.8 Å². The maximum absolute atomic E-state index is 13.4. The topological polar surface area (TPSA) is 67.9 Å². The number of hydrogen-bond acceptors (Lipinski definition) is 4. The van der Waals surface area contributed by atoms with Crippen molar-refractivity contribution in [2.75, 3.05) is 12.0 Å². The third-order valence-electron chi connectivity index (χ3n) is 4.73. The first-order valence-electron chi connectivity index (χ1n) is 9.63. The molecule has 1 N–H and O–H groups in total. The Balaban J connectivity index is 1.58. The van der Waals surface area contributed by atoms with Gasteiger partial charge >= 0.3 is 6.03 Å². The van der Waals surface area contributed by atoms with Gasteiger partial charge in [-0.2, -0.15) is 0 Å². The number of imide groups is 1. The summed E-state index contributed by atoms with van der Waals surface area (Å²) in [5, 5.41) is 2.81. The average Bonchev–Trinajstić information content (AvgIpc) is 3.06. The molecule has 32 heavy (non-hydrogen) atoms. The van der Waals surface area contributed by atoms with E-state index in [-0.39, 0.29) is 28.9 Å². The Kier molecular flexibility index (Phi) is 6.09. The second-order valence-electron chi connectivity index (χ2n) is 6.92. The largest absolute Gasteiger partial charge is 0.493 e. The Bertz CT molecular complexity index is 1210. The lowest BCUT2D eigenvalue weighted by molar-refractivity contribution is -0.113. The van der Waals surface area contributed by atoms with Crippen LogP contribution in [0.4, 0.5) is 14.9 Å². The van der Waals surface area contributed by atoms with E-state index in [1.54, 1.807) is 54.6 Å². The first-order chi connectivity index (χ1) is 15.5. The third kappa shape index (κ3) is 4.43. The van der Waals surface area contributed by atoms with E-state index in [4.69, 9.17) is 21.1 Å². The van der Waals surface area contributed by atoms with Crippen LogP contribution in [0.1, 0.15) is 11.1 Å². The van der Waals surface area contributed by atoms with Crippen LogP contribution in [-0.4, -0.2) is 19.0 Å². The number of hydrogen-bond donors (Lipinski definition) is 1. The van der Waals surface area contributed by atoms with Gasteiger partial charge in [-0.15, -0.1) is 0 Å². The van der Waals surface area contributed by atoms with E-state index in [0.29, 0.717) is 22.6 Å². The van der Waals surface area contributed by atoms with E-state index < -0.39 is 11.9 Å². The Morgan fingerprint density at radius 3 is 2.56 bits per heavy atom. The monoisotopic (exact) mass is 452 g/mol. The zero-order valence-electron chi connectivity index (χ0n) is 17.0. The number of amides is 3. The number of urea groups is 1. The van der Waals surface area contributed by atoms with E-state index >= 15 is 0 Å². The van der Waals surface area contributed by atoms with Crippen LogP contribution in [0.3, 0.4) is 0 Å². The molecule has 1 fully saturated rings. The molecule has 3 aromatic rings. The molecule has 1 heterocycles. The summed E-state index contributed by atoms with van der Waals surface area (Å²) in [5.41, 5.74) is 1.73. The number of benzene rings is 3. The number of halogens is 2. The number of methoxy groups -OCH3 is 1. The van der Waals surface area contributed by atoms with Crippen LogP contribution in [0.15, 0.2) is 72.4 Å². The molecule has 1 aliphatic heterocycles. The molecule has 0 spiro atoms. The third-order valence-corrected chi connectivity index (χ3v) is 5.01. The first-order valence-corrected chi connectivity index (χ1v) is 10.0. The minimum atomic E-state index is -0.541. The quantitative estimate of drug-likeness (QED) is 0.414. The summed E-state index contributed by atoms with van der Waals surface area (Å²) in [6, 6.07) is 17.3. The van der Waals surface area contributed by atoms with Gasteiger partial charge in [0.25, 0.3) is 5.91 Å². The van der Waals surface area contributed by atoms with Gasteiger partial charge in [-0.1, -0.05) is 41.9 Å². The minimum Gasteiger partial charge on any atom is -0.493 e. The number of rotatable bonds is 6. The minimum absolute atomic E-state index is 0.0921. The van der Waals surface area contributed by atoms with Crippen molar-refractivity contribution in [3.63, 3.8) is 0 Å². The van der Waals surface area contributed by atoms with Crippen molar-refractivity contribution < 1.29 is 23.5 Å². The molecule has 8 heteroatoms. The summed E-state index contributed by atoms with van der Waals surface area (Å²) < 4.78 is 24.5. The summed E-state index contributed by atoms with van der Waals surface area (Å²) in [7, 11) is 1.46. The maximum Gasteiger partial charge on any atom is 0.333 e. The summed E-state index contributed by atoms with van der Waals surface area (Å²) >= 11 is 6.39. The highest BCUT2D eigenvalue weighted by Gasteiger charge is 2.34. The molecule has 162 valence electrons. The van der Waals surface area contributed by atoms with Crippen LogP contribution in [-0.2, 0) is 11.4 Å². The van der Waals surface area contributed by atoms with E-state index in [0.717, 1.165) is 4.90 Å². The van der Waals surface area contributed by atoms with Crippen molar-refractivity contribution in [2.45, 2.75) is 6.61 Å². The van der Waals surface area contributed by atoms with Crippen LogP contribution in [0, 0.1) is 5.82 Å².